The third-order valence-corrected chi connectivity index (χ3v) is 6.18. The summed E-state index contributed by atoms with van der Waals surface area (Å²) in [5.74, 6) is 1.14. The molecule has 2 heterocycles. The van der Waals surface area contributed by atoms with Gasteiger partial charge >= 0.3 is 0 Å². The maximum atomic E-state index is 4.86. The van der Waals surface area contributed by atoms with E-state index in [2.05, 4.69) is 56.2 Å². The molecular formula is C25H34N4. The first-order valence-corrected chi connectivity index (χ1v) is 11.3. The van der Waals surface area contributed by atoms with Crippen LogP contribution in [-0.4, -0.2) is 27.6 Å². The second-order valence-electron chi connectivity index (χ2n) is 8.60. The molecule has 0 saturated heterocycles. The van der Waals surface area contributed by atoms with Gasteiger partial charge in [0.2, 0.25) is 0 Å². The minimum atomic E-state index is 1.04. The molecule has 2 aromatic heterocycles. The van der Waals surface area contributed by atoms with Crippen LogP contribution in [0, 0.1) is 20.8 Å². The Hall–Kier alpha value is -2.36. The van der Waals surface area contributed by atoms with Crippen molar-refractivity contribution in [2.45, 2.75) is 73.1 Å². The van der Waals surface area contributed by atoms with E-state index in [4.69, 9.17) is 9.97 Å². The van der Waals surface area contributed by atoms with E-state index in [-0.39, 0.29) is 0 Å². The summed E-state index contributed by atoms with van der Waals surface area (Å²) in [7, 11) is 0. The van der Waals surface area contributed by atoms with E-state index in [0.717, 1.165) is 50.2 Å². The molecule has 1 aromatic carbocycles. The molecule has 0 unspecified atom stereocenters. The van der Waals surface area contributed by atoms with Gasteiger partial charge in [0.05, 0.1) is 11.1 Å². The van der Waals surface area contributed by atoms with E-state index in [0.29, 0.717) is 0 Å². The summed E-state index contributed by atoms with van der Waals surface area (Å²) in [5.41, 5.74) is 9.31. The Morgan fingerprint density at radius 3 is 2.24 bits per heavy atom. The zero-order valence-electron chi connectivity index (χ0n) is 18.7. The number of rotatable bonds is 6. The van der Waals surface area contributed by atoms with Crippen LogP contribution in [0.5, 0.6) is 0 Å². The van der Waals surface area contributed by atoms with E-state index in [1.165, 1.54) is 51.9 Å². The number of hydrogen-bond donors (Lipinski definition) is 0. The first kappa shape index (κ1) is 19.9. The van der Waals surface area contributed by atoms with Crippen LogP contribution in [0.15, 0.2) is 18.5 Å². The van der Waals surface area contributed by atoms with Crippen molar-refractivity contribution in [3.63, 3.8) is 0 Å². The zero-order chi connectivity index (χ0) is 20.5. The predicted octanol–water partition coefficient (Wildman–Crippen LogP) is 5.85. The molecule has 29 heavy (non-hydrogen) atoms. The van der Waals surface area contributed by atoms with E-state index in [9.17, 15) is 0 Å². The fourth-order valence-corrected chi connectivity index (χ4v) is 5.21. The second kappa shape index (κ2) is 8.17. The van der Waals surface area contributed by atoms with Crippen LogP contribution in [0.4, 0.5) is 5.82 Å². The molecule has 0 bridgehead atoms. The Labute approximate surface area is 175 Å². The molecule has 4 heteroatoms. The quantitative estimate of drug-likeness (QED) is 0.529. The van der Waals surface area contributed by atoms with Gasteiger partial charge in [-0.05, 0) is 76.0 Å². The monoisotopic (exact) mass is 390 g/mol. The minimum absolute atomic E-state index is 1.04. The average molecular weight is 391 g/mol. The summed E-state index contributed by atoms with van der Waals surface area (Å²) in [6, 6.07) is 4.60. The average Bonchev–Trinajstić information content (AvgIpc) is 3.02. The third kappa shape index (κ3) is 3.43. The molecule has 4 nitrogen and oxygen atoms in total. The highest BCUT2D eigenvalue weighted by Gasteiger charge is 2.27. The van der Waals surface area contributed by atoms with Gasteiger partial charge in [0.15, 0.2) is 5.65 Å². The van der Waals surface area contributed by atoms with Crippen molar-refractivity contribution in [2.75, 3.05) is 18.0 Å². The third-order valence-electron chi connectivity index (χ3n) is 6.18. The highest BCUT2D eigenvalue weighted by Crippen LogP contribution is 2.39. The highest BCUT2D eigenvalue weighted by atomic mass is 15.2. The van der Waals surface area contributed by atoms with E-state index < -0.39 is 0 Å². The van der Waals surface area contributed by atoms with Crippen LogP contribution in [0.1, 0.15) is 67.5 Å². The standard InChI is InChI=1S/C25H34N4/c1-6-12-28(13-7-2)24-22-20-10-8-9-11-21(20)29(25(22)27-16-26-24)23-18(4)14-17(3)15-19(23)5/h14-16H,6-13H2,1-5H3. The lowest BCUT2D eigenvalue weighted by Crippen LogP contribution is -2.26. The molecule has 0 aliphatic heterocycles. The number of hydrogen-bond acceptors (Lipinski definition) is 3. The summed E-state index contributed by atoms with van der Waals surface area (Å²) < 4.78 is 2.47. The fraction of sp³-hybridized carbons (Fsp3) is 0.520. The molecule has 0 amide bonds. The number of anilines is 1. The van der Waals surface area contributed by atoms with Gasteiger partial charge in [-0.2, -0.15) is 0 Å². The molecule has 4 rings (SSSR count). The first-order chi connectivity index (χ1) is 14.1. The second-order valence-corrected chi connectivity index (χ2v) is 8.60. The molecule has 0 atom stereocenters. The molecule has 1 aliphatic carbocycles. The number of aromatic nitrogens is 3. The van der Waals surface area contributed by atoms with Crippen LogP contribution < -0.4 is 4.90 Å². The molecule has 0 fully saturated rings. The number of fused-ring (bicyclic) bond motifs is 3. The summed E-state index contributed by atoms with van der Waals surface area (Å²) in [6.07, 6.45) is 8.80. The molecule has 0 spiro atoms. The van der Waals surface area contributed by atoms with Crippen molar-refractivity contribution >= 4 is 16.9 Å². The van der Waals surface area contributed by atoms with Crippen molar-refractivity contribution in [3.8, 4) is 5.69 Å². The maximum absolute atomic E-state index is 4.86. The summed E-state index contributed by atoms with van der Waals surface area (Å²) in [5, 5.41) is 1.29. The molecule has 154 valence electrons. The number of benzene rings is 1. The SMILES string of the molecule is CCCN(CCC)c1ncnc2c1c1c(n2-c2c(C)cc(C)cc2C)CCCC1. The highest BCUT2D eigenvalue weighted by molar-refractivity contribution is 5.94. The Morgan fingerprint density at radius 1 is 0.931 bits per heavy atom. The molecule has 1 aliphatic rings. The van der Waals surface area contributed by atoms with Crippen molar-refractivity contribution in [1.29, 1.82) is 0 Å². The van der Waals surface area contributed by atoms with Crippen LogP contribution in [0.25, 0.3) is 16.7 Å². The van der Waals surface area contributed by atoms with Gasteiger partial charge < -0.3 is 4.90 Å². The topological polar surface area (TPSA) is 34.0 Å². The number of aryl methyl sites for hydroxylation is 4. The zero-order valence-corrected chi connectivity index (χ0v) is 18.7. The van der Waals surface area contributed by atoms with Gasteiger partial charge in [0, 0.05) is 18.8 Å². The number of nitrogens with zero attached hydrogens (tertiary/aromatic N) is 4. The van der Waals surface area contributed by atoms with Gasteiger partial charge in [0.1, 0.15) is 12.1 Å². The summed E-state index contributed by atoms with van der Waals surface area (Å²) in [4.78, 5) is 12.1. The van der Waals surface area contributed by atoms with E-state index in [1.54, 1.807) is 6.33 Å². The lowest BCUT2D eigenvalue weighted by atomic mass is 9.95. The van der Waals surface area contributed by atoms with Crippen LogP contribution in [0.2, 0.25) is 0 Å². The van der Waals surface area contributed by atoms with Crippen LogP contribution >= 0.6 is 0 Å². The van der Waals surface area contributed by atoms with Crippen LogP contribution in [-0.2, 0) is 12.8 Å². The Kier molecular flexibility index (Phi) is 5.62. The predicted molar refractivity (Wildman–Crippen MR) is 123 cm³/mol. The molecule has 3 aromatic rings. The van der Waals surface area contributed by atoms with Gasteiger partial charge in [0.25, 0.3) is 0 Å². The molecule has 0 N–H and O–H groups in total. The van der Waals surface area contributed by atoms with E-state index in [1.807, 2.05) is 0 Å². The normalized spacial score (nSPS) is 13.7. The van der Waals surface area contributed by atoms with Crippen molar-refractivity contribution < 1.29 is 0 Å². The van der Waals surface area contributed by atoms with Gasteiger partial charge in [-0.3, -0.25) is 4.57 Å². The van der Waals surface area contributed by atoms with Crippen molar-refractivity contribution in [1.82, 2.24) is 14.5 Å². The van der Waals surface area contributed by atoms with Gasteiger partial charge in [-0.25, -0.2) is 9.97 Å². The largest absolute Gasteiger partial charge is 0.356 e. The Balaban J connectivity index is 2.04. The van der Waals surface area contributed by atoms with Gasteiger partial charge in [-0.1, -0.05) is 31.5 Å². The minimum Gasteiger partial charge on any atom is -0.356 e. The Bertz CT molecular complexity index is 1000. The Morgan fingerprint density at radius 2 is 1.59 bits per heavy atom. The smallest absolute Gasteiger partial charge is 0.150 e. The summed E-state index contributed by atoms with van der Waals surface area (Å²) in [6.45, 7) is 13.2. The van der Waals surface area contributed by atoms with Crippen LogP contribution in [0.3, 0.4) is 0 Å². The molecule has 0 radical (unpaired) electrons. The maximum Gasteiger partial charge on any atom is 0.150 e. The fourth-order valence-electron chi connectivity index (χ4n) is 5.21. The first-order valence-electron chi connectivity index (χ1n) is 11.3. The molecular weight excluding hydrogens is 356 g/mol. The summed E-state index contributed by atoms with van der Waals surface area (Å²) >= 11 is 0. The van der Waals surface area contributed by atoms with Crippen molar-refractivity contribution in [2.24, 2.45) is 0 Å². The van der Waals surface area contributed by atoms with E-state index >= 15 is 0 Å². The molecule has 0 saturated carbocycles. The van der Waals surface area contributed by atoms with Gasteiger partial charge in [-0.15, -0.1) is 0 Å². The lowest BCUT2D eigenvalue weighted by Gasteiger charge is -2.23. The van der Waals surface area contributed by atoms with Crippen molar-refractivity contribution in [3.05, 3.63) is 46.4 Å². The lowest BCUT2D eigenvalue weighted by molar-refractivity contribution is 0.665.